The number of nitrogens with one attached hydrogen (secondary N) is 1. The highest BCUT2D eigenvalue weighted by atomic mass is 35.5. The van der Waals surface area contributed by atoms with E-state index in [1.807, 2.05) is 51.1 Å². The first-order chi connectivity index (χ1) is 16.0. The summed E-state index contributed by atoms with van der Waals surface area (Å²) in [5.41, 5.74) is 1.37. The van der Waals surface area contributed by atoms with E-state index in [9.17, 15) is 18.0 Å². The lowest BCUT2D eigenvalue weighted by molar-refractivity contribution is -0.141. The Kier molecular flexibility index (Phi) is 10.4. The molecule has 0 bridgehead atoms. The van der Waals surface area contributed by atoms with Crippen molar-refractivity contribution in [3.8, 4) is 0 Å². The van der Waals surface area contributed by atoms with Crippen LogP contribution in [-0.4, -0.2) is 50.0 Å². The van der Waals surface area contributed by atoms with Gasteiger partial charge in [-0.2, -0.15) is 0 Å². The summed E-state index contributed by atoms with van der Waals surface area (Å²) in [5.74, 6) is -0.396. The van der Waals surface area contributed by atoms with Crippen LogP contribution >= 0.6 is 11.6 Å². The minimum atomic E-state index is -3.56. The van der Waals surface area contributed by atoms with Gasteiger partial charge in [-0.3, -0.25) is 13.9 Å². The molecule has 0 saturated heterocycles. The average molecular weight is 508 g/mol. The maximum Gasteiger partial charge on any atom is 0.243 e. The first-order valence-corrected chi connectivity index (χ1v) is 13.6. The Morgan fingerprint density at radius 1 is 1.06 bits per heavy atom. The number of anilines is 1. The summed E-state index contributed by atoms with van der Waals surface area (Å²) < 4.78 is 26.0. The van der Waals surface area contributed by atoms with E-state index in [1.54, 1.807) is 29.2 Å². The van der Waals surface area contributed by atoms with Gasteiger partial charge < -0.3 is 10.2 Å². The molecule has 186 valence electrons. The summed E-state index contributed by atoms with van der Waals surface area (Å²) in [6.45, 7) is 6.06. The van der Waals surface area contributed by atoms with Crippen molar-refractivity contribution < 1.29 is 18.0 Å². The Labute approximate surface area is 208 Å². The zero-order chi connectivity index (χ0) is 25.3. The third-order valence-corrected chi connectivity index (χ3v) is 6.69. The molecular weight excluding hydrogens is 474 g/mol. The number of rotatable bonds is 12. The third-order valence-electron chi connectivity index (χ3n) is 5.26. The molecule has 0 spiro atoms. The van der Waals surface area contributed by atoms with E-state index in [1.165, 1.54) is 4.31 Å². The average Bonchev–Trinajstić information content (AvgIpc) is 2.75. The van der Waals surface area contributed by atoms with Crippen LogP contribution in [-0.2, 0) is 26.2 Å². The summed E-state index contributed by atoms with van der Waals surface area (Å²) in [7, 11) is -3.56. The van der Waals surface area contributed by atoms with Gasteiger partial charge >= 0.3 is 0 Å². The predicted octanol–water partition coefficient (Wildman–Crippen LogP) is 4.22. The molecule has 0 aliphatic heterocycles. The van der Waals surface area contributed by atoms with Crippen LogP contribution in [0, 0.1) is 0 Å². The molecule has 0 saturated carbocycles. The molecule has 0 unspecified atom stereocenters. The van der Waals surface area contributed by atoms with E-state index in [-0.39, 0.29) is 30.8 Å². The molecule has 0 fully saturated rings. The summed E-state index contributed by atoms with van der Waals surface area (Å²) in [6, 6.07) is 15.4. The Morgan fingerprint density at radius 2 is 1.74 bits per heavy atom. The molecule has 0 aromatic heterocycles. The van der Waals surface area contributed by atoms with Crippen LogP contribution in [0.5, 0.6) is 0 Å². The molecule has 1 N–H and O–H groups in total. The molecule has 0 radical (unpaired) electrons. The van der Waals surface area contributed by atoms with E-state index in [4.69, 9.17) is 11.6 Å². The molecular formula is C25H34ClN3O4S. The van der Waals surface area contributed by atoms with Crippen molar-refractivity contribution in [2.75, 3.05) is 17.1 Å². The number of amides is 2. The van der Waals surface area contributed by atoms with Gasteiger partial charge in [0.05, 0.1) is 11.9 Å². The van der Waals surface area contributed by atoms with E-state index < -0.39 is 16.1 Å². The summed E-state index contributed by atoms with van der Waals surface area (Å²) >= 11 is 6.04. The zero-order valence-electron chi connectivity index (χ0n) is 20.2. The third kappa shape index (κ3) is 8.33. The molecule has 0 heterocycles. The standard InChI is InChI=1S/C25H34ClN3O4S/c1-5-23(25(31)27-19(2)3)28(18-20-11-7-6-8-12-20)24(30)15-10-16-29(34(4,32)33)22-14-9-13-21(26)17-22/h6-9,11-14,17,19,23H,5,10,15-16,18H2,1-4H3,(H,27,31)/t23-/m0/s1. The molecule has 34 heavy (non-hydrogen) atoms. The maximum absolute atomic E-state index is 13.3. The van der Waals surface area contributed by atoms with Crippen LogP contribution in [0.15, 0.2) is 54.6 Å². The van der Waals surface area contributed by atoms with Crippen molar-refractivity contribution >= 4 is 39.1 Å². The van der Waals surface area contributed by atoms with E-state index >= 15 is 0 Å². The van der Waals surface area contributed by atoms with Crippen molar-refractivity contribution in [1.29, 1.82) is 0 Å². The lowest BCUT2D eigenvalue weighted by Gasteiger charge is -2.31. The van der Waals surface area contributed by atoms with Crippen LogP contribution in [0.2, 0.25) is 5.02 Å². The van der Waals surface area contributed by atoms with Gasteiger partial charge in [0.25, 0.3) is 0 Å². The highest BCUT2D eigenvalue weighted by Gasteiger charge is 2.29. The summed E-state index contributed by atoms with van der Waals surface area (Å²) in [4.78, 5) is 27.8. The van der Waals surface area contributed by atoms with Gasteiger partial charge in [0.15, 0.2) is 0 Å². The Hall–Kier alpha value is -2.58. The van der Waals surface area contributed by atoms with E-state index in [0.29, 0.717) is 30.1 Å². The van der Waals surface area contributed by atoms with Crippen LogP contribution in [0.4, 0.5) is 5.69 Å². The largest absolute Gasteiger partial charge is 0.352 e. The van der Waals surface area contributed by atoms with Gasteiger partial charge in [0, 0.05) is 30.6 Å². The number of sulfonamides is 1. The maximum atomic E-state index is 13.3. The number of carbonyl (C=O) groups excluding carboxylic acids is 2. The molecule has 7 nitrogen and oxygen atoms in total. The summed E-state index contributed by atoms with van der Waals surface area (Å²) in [6.07, 6.45) is 1.99. The number of carbonyl (C=O) groups is 2. The fourth-order valence-corrected chi connectivity index (χ4v) is 4.86. The van der Waals surface area contributed by atoms with Crippen molar-refractivity contribution in [3.05, 3.63) is 65.2 Å². The second-order valence-corrected chi connectivity index (χ2v) is 10.9. The van der Waals surface area contributed by atoms with Gasteiger partial charge in [-0.05, 0) is 50.5 Å². The second-order valence-electron chi connectivity index (χ2n) is 8.51. The quantitative estimate of drug-likeness (QED) is 0.466. The first-order valence-electron chi connectivity index (χ1n) is 11.4. The number of halogens is 1. The van der Waals surface area contributed by atoms with Crippen LogP contribution in [0.25, 0.3) is 0 Å². The first kappa shape index (κ1) is 27.7. The fraction of sp³-hybridized carbons (Fsp3) is 0.440. The molecule has 9 heteroatoms. The number of hydrogen-bond donors (Lipinski definition) is 1. The number of nitrogens with zero attached hydrogens (tertiary/aromatic N) is 2. The van der Waals surface area contributed by atoms with Gasteiger partial charge in [0.1, 0.15) is 6.04 Å². The van der Waals surface area contributed by atoms with Gasteiger partial charge in [0.2, 0.25) is 21.8 Å². The Bertz CT molecular complexity index is 1060. The van der Waals surface area contributed by atoms with Crippen LogP contribution in [0.3, 0.4) is 0 Å². The SMILES string of the molecule is CC[C@@H](C(=O)NC(C)C)N(Cc1ccccc1)C(=O)CCCN(c1cccc(Cl)c1)S(C)(=O)=O. The van der Waals surface area contributed by atoms with Gasteiger partial charge in [-0.25, -0.2) is 8.42 Å². The minimum Gasteiger partial charge on any atom is -0.352 e. The van der Waals surface area contributed by atoms with Crippen molar-refractivity contribution in [3.63, 3.8) is 0 Å². The minimum absolute atomic E-state index is 0.0451. The lowest BCUT2D eigenvalue weighted by atomic mass is 10.1. The van der Waals surface area contributed by atoms with Crippen molar-refractivity contribution in [2.24, 2.45) is 0 Å². The zero-order valence-corrected chi connectivity index (χ0v) is 21.8. The summed E-state index contributed by atoms with van der Waals surface area (Å²) in [5, 5.41) is 3.33. The van der Waals surface area contributed by atoms with E-state index in [0.717, 1.165) is 11.8 Å². The molecule has 1 atom stereocenters. The number of benzene rings is 2. The normalized spacial score (nSPS) is 12.3. The second kappa shape index (κ2) is 12.8. The topological polar surface area (TPSA) is 86.8 Å². The molecule has 2 rings (SSSR count). The molecule has 0 aliphatic rings. The van der Waals surface area contributed by atoms with Gasteiger partial charge in [-0.15, -0.1) is 0 Å². The highest BCUT2D eigenvalue weighted by molar-refractivity contribution is 7.92. The van der Waals surface area contributed by atoms with Crippen LogP contribution < -0.4 is 9.62 Å². The van der Waals surface area contributed by atoms with Gasteiger partial charge in [-0.1, -0.05) is 54.9 Å². The molecule has 0 aliphatic carbocycles. The van der Waals surface area contributed by atoms with Crippen LogP contribution in [0.1, 0.15) is 45.6 Å². The van der Waals surface area contributed by atoms with E-state index in [2.05, 4.69) is 5.32 Å². The Balaban J connectivity index is 2.19. The smallest absolute Gasteiger partial charge is 0.243 e. The monoisotopic (exact) mass is 507 g/mol. The van der Waals surface area contributed by atoms with Crippen molar-refractivity contribution in [2.45, 2.75) is 58.7 Å². The number of hydrogen-bond acceptors (Lipinski definition) is 4. The predicted molar refractivity (Wildman–Crippen MR) is 137 cm³/mol. The van der Waals surface area contributed by atoms with Crippen molar-refractivity contribution in [1.82, 2.24) is 10.2 Å². The fourth-order valence-electron chi connectivity index (χ4n) is 3.72. The molecule has 2 amide bonds. The Morgan fingerprint density at radius 3 is 2.29 bits per heavy atom. The molecule has 2 aromatic carbocycles. The lowest BCUT2D eigenvalue weighted by Crippen LogP contribution is -2.50. The molecule has 2 aromatic rings. The highest BCUT2D eigenvalue weighted by Crippen LogP contribution is 2.23.